The number of thiazole rings is 1. The van der Waals surface area contributed by atoms with E-state index in [4.69, 9.17) is 4.74 Å². The van der Waals surface area contributed by atoms with E-state index in [0.717, 1.165) is 81.8 Å². The van der Waals surface area contributed by atoms with Crippen LogP contribution in [0.4, 0.5) is 0 Å². The van der Waals surface area contributed by atoms with E-state index in [-0.39, 0.29) is 17.4 Å². The Balaban J connectivity index is 1.25. The Morgan fingerprint density at radius 1 is 1.32 bits per heavy atom. The highest BCUT2D eigenvalue weighted by Crippen LogP contribution is 2.33. The monoisotopic (exact) mass is 424 g/mol. The van der Waals surface area contributed by atoms with Crippen LogP contribution in [0.1, 0.15) is 30.0 Å². The Morgan fingerprint density at radius 3 is 2.75 bits per heavy atom. The van der Waals surface area contributed by atoms with Crippen molar-refractivity contribution < 1.29 is 9.53 Å². The standard InChI is InChI=1S/C20H32N4O2S2/c1-16-22-18(13-28-16)12-23-5-2-17(3-6-23)19(25)21-14-20(4-11-27-15-20)24-7-9-26-10-8-24/h13,17H,2-12,14-15H2,1H3,(H,21,25). The summed E-state index contributed by atoms with van der Waals surface area (Å²) in [5, 5.41) is 6.62. The maximum Gasteiger partial charge on any atom is 0.223 e. The number of amides is 1. The van der Waals surface area contributed by atoms with Gasteiger partial charge in [-0.05, 0) is 45.0 Å². The van der Waals surface area contributed by atoms with Crippen LogP contribution in [0, 0.1) is 12.8 Å². The summed E-state index contributed by atoms with van der Waals surface area (Å²) in [5.74, 6) is 2.73. The van der Waals surface area contributed by atoms with Crippen LogP contribution in [0.3, 0.4) is 0 Å². The fourth-order valence-electron chi connectivity index (χ4n) is 4.59. The molecule has 1 aromatic rings. The van der Waals surface area contributed by atoms with Crippen LogP contribution in [0.5, 0.6) is 0 Å². The molecule has 4 heterocycles. The number of rotatable bonds is 6. The van der Waals surface area contributed by atoms with Gasteiger partial charge in [0.2, 0.25) is 5.91 Å². The van der Waals surface area contributed by atoms with Gasteiger partial charge in [-0.15, -0.1) is 11.3 Å². The Kier molecular flexibility index (Phi) is 6.94. The van der Waals surface area contributed by atoms with Crippen molar-refractivity contribution in [3.05, 3.63) is 16.1 Å². The highest BCUT2D eigenvalue weighted by Gasteiger charge is 2.41. The third-order valence-electron chi connectivity index (χ3n) is 6.37. The molecular formula is C20H32N4O2S2. The molecule has 1 amide bonds. The molecule has 8 heteroatoms. The van der Waals surface area contributed by atoms with E-state index in [1.165, 1.54) is 12.2 Å². The molecule has 3 saturated heterocycles. The van der Waals surface area contributed by atoms with Crippen molar-refractivity contribution in [2.75, 3.05) is 57.4 Å². The number of ether oxygens (including phenoxy) is 1. The number of aryl methyl sites for hydroxylation is 1. The molecule has 0 aliphatic carbocycles. The molecule has 1 unspecified atom stereocenters. The molecule has 3 aliphatic heterocycles. The van der Waals surface area contributed by atoms with E-state index in [0.29, 0.717) is 0 Å². The maximum absolute atomic E-state index is 12.9. The number of thioether (sulfide) groups is 1. The van der Waals surface area contributed by atoms with Gasteiger partial charge in [-0.25, -0.2) is 4.98 Å². The van der Waals surface area contributed by atoms with Gasteiger partial charge in [0.1, 0.15) is 0 Å². The van der Waals surface area contributed by atoms with Gasteiger partial charge in [-0.2, -0.15) is 11.8 Å². The van der Waals surface area contributed by atoms with Crippen LogP contribution < -0.4 is 5.32 Å². The van der Waals surface area contributed by atoms with Crippen molar-refractivity contribution in [2.45, 2.75) is 38.3 Å². The van der Waals surface area contributed by atoms with E-state index < -0.39 is 0 Å². The number of piperidine rings is 1. The van der Waals surface area contributed by atoms with Crippen LogP contribution >= 0.6 is 23.1 Å². The first kappa shape index (κ1) is 20.6. The van der Waals surface area contributed by atoms with Gasteiger partial charge in [-0.1, -0.05) is 0 Å². The molecule has 0 spiro atoms. The first-order chi connectivity index (χ1) is 13.6. The number of carbonyl (C=O) groups excluding carboxylic acids is 1. The van der Waals surface area contributed by atoms with Crippen molar-refractivity contribution in [1.29, 1.82) is 0 Å². The summed E-state index contributed by atoms with van der Waals surface area (Å²) in [4.78, 5) is 22.4. The minimum atomic E-state index is 0.132. The predicted octanol–water partition coefficient (Wildman–Crippen LogP) is 1.99. The first-order valence-corrected chi connectivity index (χ1v) is 12.5. The van der Waals surface area contributed by atoms with E-state index in [9.17, 15) is 4.79 Å². The van der Waals surface area contributed by atoms with Crippen molar-refractivity contribution in [1.82, 2.24) is 20.1 Å². The molecule has 1 N–H and O–H groups in total. The van der Waals surface area contributed by atoms with E-state index in [2.05, 4.69) is 32.4 Å². The van der Waals surface area contributed by atoms with Gasteiger partial charge >= 0.3 is 0 Å². The van der Waals surface area contributed by atoms with E-state index >= 15 is 0 Å². The maximum atomic E-state index is 12.9. The number of carbonyl (C=O) groups is 1. The lowest BCUT2D eigenvalue weighted by Gasteiger charge is -2.43. The van der Waals surface area contributed by atoms with E-state index in [1.54, 1.807) is 11.3 Å². The summed E-state index contributed by atoms with van der Waals surface area (Å²) in [7, 11) is 0. The summed E-state index contributed by atoms with van der Waals surface area (Å²) in [6.07, 6.45) is 3.08. The normalized spacial score (nSPS) is 27.9. The van der Waals surface area contributed by atoms with Gasteiger partial charge in [0, 0.05) is 48.8 Å². The highest BCUT2D eigenvalue weighted by atomic mass is 32.2. The van der Waals surface area contributed by atoms with Crippen LogP contribution in [-0.4, -0.2) is 83.7 Å². The molecular weight excluding hydrogens is 392 g/mol. The molecule has 6 nitrogen and oxygen atoms in total. The second-order valence-corrected chi connectivity index (χ2v) is 10.4. The van der Waals surface area contributed by atoms with Gasteiger partial charge in [0.15, 0.2) is 0 Å². The minimum absolute atomic E-state index is 0.132. The summed E-state index contributed by atoms with van der Waals surface area (Å²) in [5.41, 5.74) is 1.30. The van der Waals surface area contributed by atoms with Crippen molar-refractivity contribution in [3.63, 3.8) is 0 Å². The van der Waals surface area contributed by atoms with Crippen molar-refractivity contribution >= 4 is 29.0 Å². The topological polar surface area (TPSA) is 57.7 Å². The number of hydrogen-bond acceptors (Lipinski definition) is 7. The molecule has 28 heavy (non-hydrogen) atoms. The number of hydrogen-bond donors (Lipinski definition) is 1. The fraction of sp³-hybridized carbons (Fsp3) is 0.800. The quantitative estimate of drug-likeness (QED) is 0.754. The third kappa shape index (κ3) is 4.90. The summed E-state index contributed by atoms with van der Waals surface area (Å²) in [6, 6.07) is 0. The van der Waals surface area contributed by atoms with Crippen molar-refractivity contribution in [2.24, 2.45) is 5.92 Å². The van der Waals surface area contributed by atoms with Crippen molar-refractivity contribution in [3.8, 4) is 0 Å². The molecule has 4 rings (SSSR count). The number of nitrogens with one attached hydrogen (secondary N) is 1. The smallest absolute Gasteiger partial charge is 0.223 e. The fourth-order valence-corrected chi connectivity index (χ4v) is 6.68. The van der Waals surface area contributed by atoms with Crippen LogP contribution in [-0.2, 0) is 16.1 Å². The Hall–Kier alpha value is -0.670. The largest absolute Gasteiger partial charge is 0.379 e. The van der Waals surface area contributed by atoms with Gasteiger partial charge < -0.3 is 10.1 Å². The van der Waals surface area contributed by atoms with Crippen LogP contribution in [0.2, 0.25) is 0 Å². The van der Waals surface area contributed by atoms with Gasteiger partial charge in [-0.3, -0.25) is 14.6 Å². The molecule has 0 bridgehead atoms. The SMILES string of the molecule is Cc1nc(CN2CCC(C(=O)NCC3(N4CCOCC4)CCSC3)CC2)cs1. The second-order valence-electron chi connectivity index (χ2n) is 8.25. The molecule has 1 atom stereocenters. The second kappa shape index (κ2) is 9.43. The highest BCUT2D eigenvalue weighted by molar-refractivity contribution is 7.99. The molecule has 3 aliphatic rings. The Bertz CT molecular complexity index is 648. The summed E-state index contributed by atoms with van der Waals surface area (Å²) in [6.45, 7) is 9.34. The molecule has 156 valence electrons. The number of likely N-dealkylation sites (tertiary alicyclic amines) is 1. The Morgan fingerprint density at radius 2 is 2.11 bits per heavy atom. The average molecular weight is 425 g/mol. The zero-order chi connectivity index (χ0) is 19.4. The first-order valence-electron chi connectivity index (χ1n) is 10.5. The third-order valence-corrected chi connectivity index (χ3v) is 8.42. The molecule has 3 fully saturated rings. The average Bonchev–Trinajstić information content (AvgIpc) is 3.37. The number of nitrogens with zero attached hydrogens (tertiary/aromatic N) is 3. The molecule has 0 radical (unpaired) electrons. The number of morpholine rings is 1. The van der Waals surface area contributed by atoms with E-state index in [1.807, 2.05) is 11.8 Å². The van der Waals surface area contributed by atoms with Crippen LogP contribution in [0.15, 0.2) is 5.38 Å². The lowest BCUT2D eigenvalue weighted by atomic mass is 9.93. The predicted molar refractivity (Wildman–Crippen MR) is 115 cm³/mol. The van der Waals surface area contributed by atoms with Gasteiger partial charge in [0.25, 0.3) is 0 Å². The minimum Gasteiger partial charge on any atom is -0.379 e. The Labute approximate surface area is 176 Å². The molecule has 0 saturated carbocycles. The lowest BCUT2D eigenvalue weighted by Crippen LogP contribution is -2.59. The zero-order valence-electron chi connectivity index (χ0n) is 16.8. The summed E-state index contributed by atoms with van der Waals surface area (Å²) < 4.78 is 5.53. The lowest BCUT2D eigenvalue weighted by molar-refractivity contribution is -0.127. The van der Waals surface area contributed by atoms with Gasteiger partial charge in [0.05, 0.1) is 23.9 Å². The molecule has 1 aromatic heterocycles. The zero-order valence-corrected chi connectivity index (χ0v) is 18.5. The van der Waals surface area contributed by atoms with Crippen LogP contribution in [0.25, 0.3) is 0 Å². The number of aromatic nitrogens is 1. The summed E-state index contributed by atoms with van der Waals surface area (Å²) >= 11 is 3.73. The molecule has 0 aromatic carbocycles.